The number of nitrogens with zero attached hydrogens (tertiary/aromatic N) is 3. The lowest BCUT2D eigenvalue weighted by Crippen LogP contribution is -2.35. The molecule has 0 atom stereocenters. The molecule has 6 heteroatoms. The number of thiol groups is 1. The summed E-state index contributed by atoms with van der Waals surface area (Å²) >= 11 is 3.90. The predicted molar refractivity (Wildman–Crippen MR) is 50.3 cm³/mol. The maximum atomic E-state index is 11.6. The van der Waals surface area contributed by atoms with E-state index >= 15 is 0 Å². The second-order valence-electron chi connectivity index (χ2n) is 3.58. The summed E-state index contributed by atoms with van der Waals surface area (Å²) in [4.78, 5) is 11.6. The highest BCUT2D eigenvalue weighted by atomic mass is 32.1. The van der Waals surface area contributed by atoms with Crippen molar-refractivity contribution in [2.45, 2.75) is 30.3 Å². The van der Waals surface area contributed by atoms with Crippen LogP contribution in [-0.2, 0) is 5.41 Å². The molecule has 0 unspecified atom stereocenters. The molecule has 1 heterocycles. The fraction of sp³-hybridized carbons (Fsp3) is 0.571. The van der Waals surface area contributed by atoms with Crippen LogP contribution < -0.4 is 11.4 Å². The van der Waals surface area contributed by atoms with Crippen molar-refractivity contribution >= 4 is 12.6 Å². The lowest BCUT2D eigenvalue weighted by atomic mass is 10.1. The summed E-state index contributed by atoms with van der Waals surface area (Å²) in [6.07, 6.45) is 1.95. The van der Waals surface area contributed by atoms with Gasteiger partial charge in [0.15, 0.2) is 0 Å². The molecule has 0 amide bonds. The molecule has 5 nitrogen and oxygen atoms in total. The van der Waals surface area contributed by atoms with Crippen LogP contribution in [0, 0.1) is 0 Å². The SMILES string of the molecule is CC1(c2nnc(S)n(N)c2=O)CC1. The van der Waals surface area contributed by atoms with E-state index in [0.29, 0.717) is 5.69 Å². The van der Waals surface area contributed by atoms with Gasteiger partial charge in [-0.2, -0.15) is 4.68 Å². The van der Waals surface area contributed by atoms with Crippen molar-refractivity contribution in [2.75, 3.05) is 5.84 Å². The zero-order chi connectivity index (χ0) is 9.64. The minimum absolute atomic E-state index is 0.104. The van der Waals surface area contributed by atoms with Gasteiger partial charge in [-0.05, 0) is 12.8 Å². The van der Waals surface area contributed by atoms with E-state index in [9.17, 15) is 4.79 Å². The van der Waals surface area contributed by atoms with E-state index in [1.807, 2.05) is 6.92 Å². The van der Waals surface area contributed by atoms with Gasteiger partial charge in [0.05, 0.1) is 0 Å². The lowest BCUT2D eigenvalue weighted by molar-refractivity contribution is 0.616. The monoisotopic (exact) mass is 198 g/mol. The number of aromatic nitrogens is 3. The summed E-state index contributed by atoms with van der Waals surface area (Å²) in [6, 6.07) is 0. The molecule has 0 bridgehead atoms. The third-order valence-corrected chi connectivity index (χ3v) is 2.75. The quantitative estimate of drug-likeness (QED) is 0.479. The van der Waals surface area contributed by atoms with Gasteiger partial charge in [-0.25, -0.2) is 0 Å². The molecular weight excluding hydrogens is 188 g/mol. The fourth-order valence-corrected chi connectivity index (χ4v) is 1.33. The summed E-state index contributed by atoms with van der Waals surface area (Å²) < 4.78 is 0.926. The maximum absolute atomic E-state index is 11.6. The van der Waals surface area contributed by atoms with Gasteiger partial charge in [0.1, 0.15) is 5.69 Å². The third kappa shape index (κ3) is 1.21. The number of rotatable bonds is 1. The van der Waals surface area contributed by atoms with E-state index in [4.69, 9.17) is 5.84 Å². The number of hydrogen-bond donors (Lipinski definition) is 2. The van der Waals surface area contributed by atoms with Crippen molar-refractivity contribution in [3.63, 3.8) is 0 Å². The number of hydrogen-bond acceptors (Lipinski definition) is 5. The highest BCUT2D eigenvalue weighted by Gasteiger charge is 2.43. The summed E-state index contributed by atoms with van der Waals surface area (Å²) in [7, 11) is 0. The Morgan fingerprint density at radius 2 is 2.15 bits per heavy atom. The van der Waals surface area contributed by atoms with Crippen molar-refractivity contribution in [3.05, 3.63) is 16.0 Å². The van der Waals surface area contributed by atoms with Gasteiger partial charge in [0.25, 0.3) is 5.56 Å². The van der Waals surface area contributed by atoms with Gasteiger partial charge < -0.3 is 5.84 Å². The summed E-state index contributed by atoms with van der Waals surface area (Å²) in [5, 5.41) is 7.67. The second kappa shape index (κ2) is 2.47. The minimum Gasteiger partial charge on any atom is -0.334 e. The van der Waals surface area contributed by atoms with Crippen LogP contribution in [0.3, 0.4) is 0 Å². The number of nitrogens with two attached hydrogens (primary N) is 1. The Morgan fingerprint density at radius 3 is 2.69 bits per heavy atom. The zero-order valence-electron chi connectivity index (χ0n) is 7.19. The van der Waals surface area contributed by atoms with E-state index in [1.54, 1.807) is 0 Å². The first-order valence-corrected chi connectivity index (χ1v) is 4.43. The highest BCUT2D eigenvalue weighted by molar-refractivity contribution is 7.80. The molecule has 1 saturated carbocycles. The van der Waals surface area contributed by atoms with Crippen LogP contribution >= 0.6 is 12.6 Å². The molecule has 70 valence electrons. The van der Waals surface area contributed by atoms with Crippen LogP contribution in [0.15, 0.2) is 9.95 Å². The molecule has 2 rings (SSSR count). The van der Waals surface area contributed by atoms with Crippen LogP contribution in [0.25, 0.3) is 0 Å². The molecule has 2 N–H and O–H groups in total. The van der Waals surface area contributed by atoms with E-state index in [1.165, 1.54) is 0 Å². The molecule has 0 radical (unpaired) electrons. The Hall–Kier alpha value is -1.04. The topological polar surface area (TPSA) is 73.8 Å². The smallest absolute Gasteiger partial charge is 0.295 e. The second-order valence-corrected chi connectivity index (χ2v) is 3.98. The molecular formula is C7H10N4OS. The van der Waals surface area contributed by atoms with Crippen LogP contribution in [0.4, 0.5) is 0 Å². The Bertz CT molecular complexity index is 409. The van der Waals surface area contributed by atoms with Crippen molar-refractivity contribution in [1.29, 1.82) is 0 Å². The van der Waals surface area contributed by atoms with Crippen molar-refractivity contribution in [3.8, 4) is 0 Å². The van der Waals surface area contributed by atoms with Gasteiger partial charge in [0, 0.05) is 5.41 Å². The predicted octanol–water partition coefficient (Wildman–Crippen LogP) is -0.308. The summed E-state index contributed by atoms with van der Waals surface area (Å²) in [5.74, 6) is 5.43. The van der Waals surface area contributed by atoms with E-state index in [0.717, 1.165) is 17.5 Å². The first-order valence-electron chi connectivity index (χ1n) is 3.99. The van der Waals surface area contributed by atoms with Crippen LogP contribution in [0.1, 0.15) is 25.5 Å². The molecule has 0 aromatic carbocycles. The minimum atomic E-state index is -0.292. The average molecular weight is 198 g/mol. The Labute approximate surface area is 80.3 Å². The molecule has 1 aromatic heterocycles. The van der Waals surface area contributed by atoms with E-state index in [2.05, 4.69) is 22.8 Å². The van der Waals surface area contributed by atoms with Crippen LogP contribution in [0.2, 0.25) is 0 Å². The van der Waals surface area contributed by atoms with Crippen LogP contribution in [-0.4, -0.2) is 14.9 Å². The van der Waals surface area contributed by atoms with Gasteiger partial charge in [-0.3, -0.25) is 4.79 Å². The van der Waals surface area contributed by atoms with Crippen molar-refractivity contribution < 1.29 is 0 Å². The van der Waals surface area contributed by atoms with Crippen molar-refractivity contribution in [1.82, 2.24) is 14.9 Å². The Kier molecular flexibility index (Phi) is 1.63. The van der Waals surface area contributed by atoms with Gasteiger partial charge in [-0.1, -0.05) is 6.92 Å². The molecule has 0 saturated heterocycles. The molecule has 1 fully saturated rings. The van der Waals surface area contributed by atoms with E-state index in [-0.39, 0.29) is 16.1 Å². The molecule has 0 spiro atoms. The van der Waals surface area contributed by atoms with Crippen LogP contribution in [0.5, 0.6) is 0 Å². The summed E-state index contributed by atoms with van der Waals surface area (Å²) in [6.45, 7) is 1.98. The van der Waals surface area contributed by atoms with Crippen molar-refractivity contribution in [2.24, 2.45) is 0 Å². The Balaban J connectivity index is 2.61. The first kappa shape index (κ1) is 8.55. The van der Waals surface area contributed by atoms with Gasteiger partial charge >= 0.3 is 0 Å². The largest absolute Gasteiger partial charge is 0.334 e. The highest BCUT2D eigenvalue weighted by Crippen LogP contribution is 2.44. The molecule has 0 aliphatic heterocycles. The van der Waals surface area contributed by atoms with E-state index < -0.39 is 0 Å². The fourth-order valence-electron chi connectivity index (χ4n) is 1.19. The third-order valence-electron chi connectivity index (χ3n) is 2.45. The maximum Gasteiger partial charge on any atom is 0.295 e. The molecule has 1 aliphatic rings. The summed E-state index contributed by atoms with van der Waals surface area (Å²) in [5.41, 5.74) is 0.0555. The number of nitrogen functional groups attached to an aromatic ring is 1. The Morgan fingerprint density at radius 1 is 1.54 bits per heavy atom. The standard InChI is InChI=1S/C7H10N4OS/c1-7(2-3-7)4-5(12)11(8)6(13)10-9-4/h2-3,8H2,1H3,(H,10,13). The average Bonchev–Trinajstić information content (AvgIpc) is 2.80. The molecule has 1 aliphatic carbocycles. The van der Waals surface area contributed by atoms with Gasteiger partial charge in [-0.15, -0.1) is 22.8 Å². The molecule has 13 heavy (non-hydrogen) atoms. The first-order chi connectivity index (χ1) is 6.04. The normalized spacial score (nSPS) is 18.6. The van der Waals surface area contributed by atoms with Gasteiger partial charge in [0.2, 0.25) is 5.16 Å². The zero-order valence-corrected chi connectivity index (χ0v) is 8.08. The molecule has 1 aromatic rings. The lowest BCUT2D eigenvalue weighted by Gasteiger charge is -2.07.